The number of alkyl halides is 3. The van der Waals surface area contributed by atoms with Gasteiger partial charge in [-0.25, -0.2) is 4.90 Å². The average Bonchev–Trinajstić information content (AvgIpc) is 3.40. The molecule has 3 heterocycles. The predicted octanol–water partition coefficient (Wildman–Crippen LogP) is 6.98. The molecular weight excluding hydrogens is 658 g/mol. The maximum atomic E-state index is 14.0. The normalized spacial score (nSPS) is 19.6. The summed E-state index contributed by atoms with van der Waals surface area (Å²) in [6.45, 7) is 1.49. The first-order chi connectivity index (χ1) is 20.8. The number of carbonyl (C=O) groups excluding carboxylic acids is 3. The zero-order valence-electron chi connectivity index (χ0n) is 22.5. The van der Waals surface area contributed by atoms with Gasteiger partial charge in [-0.05, 0) is 54.4 Å². The molecule has 3 amide bonds. The number of aryl methyl sites for hydroxylation is 1. The number of hydrogen-bond donors (Lipinski definition) is 1. The van der Waals surface area contributed by atoms with Crippen molar-refractivity contribution in [2.24, 2.45) is 5.92 Å². The Hall–Kier alpha value is -3.58. The first-order valence-corrected chi connectivity index (χ1v) is 15.6. The van der Waals surface area contributed by atoms with E-state index in [0.29, 0.717) is 21.2 Å². The number of nitrogens with one attached hydrogen (secondary N) is 1. The van der Waals surface area contributed by atoms with E-state index in [4.69, 9.17) is 23.2 Å². The van der Waals surface area contributed by atoms with E-state index in [1.165, 1.54) is 10.6 Å². The minimum Gasteiger partial charge on any atom is -0.325 e. The van der Waals surface area contributed by atoms with Crippen LogP contribution in [0.2, 0.25) is 10.0 Å². The smallest absolute Gasteiger partial charge is 0.325 e. The summed E-state index contributed by atoms with van der Waals surface area (Å²) >= 11 is 14.7. The highest BCUT2D eigenvalue weighted by Crippen LogP contribution is 2.55. The summed E-state index contributed by atoms with van der Waals surface area (Å²) in [6.07, 6.45) is -4.70. The van der Waals surface area contributed by atoms with Gasteiger partial charge in [0, 0.05) is 16.5 Å². The van der Waals surface area contributed by atoms with Crippen molar-refractivity contribution < 1.29 is 27.6 Å². The number of halogens is 5. The van der Waals surface area contributed by atoms with Crippen LogP contribution >= 0.6 is 46.3 Å². The van der Waals surface area contributed by atoms with Crippen LogP contribution in [0.5, 0.6) is 0 Å². The average molecular weight is 679 g/mol. The quantitative estimate of drug-likeness (QED) is 0.230. The number of carbonyl (C=O) groups is 3. The summed E-state index contributed by atoms with van der Waals surface area (Å²) in [5, 5.41) is 2.23. The largest absolute Gasteiger partial charge is 0.416 e. The Morgan fingerprint density at radius 3 is 2.43 bits per heavy atom. The Labute approximate surface area is 266 Å². The number of aromatic nitrogens is 1. The molecule has 3 atom stereocenters. The molecular formula is C30H20Cl2F3N3O4S2. The summed E-state index contributed by atoms with van der Waals surface area (Å²) in [7, 11) is 0. The number of anilines is 2. The molecule has 2 aliphatic rings. The molecule has 0 aliphatic carbocycles. The van der Waals surface area contributed by atoms with Gasteiger partial charge in [-0.1, -0.05) is 76.6 Å². The minimum atomic E-state index is -4.70. The minimum absolute atomic E-state index is 0.109. The number of fused-ring (bicyclic) bond motifs is 2. The molecule has 0 saturated carbocycles. The second-order valence-electron chi connectivity index (χ2n) is 10.3. The molecule has 2 aliphatic heterocycles. The lowest BCUT2D eigenvalue weighted by Crippen LogP contribution is -2.33. The van der Waals surface area contributed by atoms with Crippen LogP contribution in [-0.4, -0.2) is 27.5 Å². The third-order valence-electron chi connectivity index (χ3n) is 7.40. The third-order valence-corrected chi connectivity index (χ3v) is 10.8. The van der Waals surface area contributed by atoms with Gasteiger partial charge in [0.2, 0.25) is 17.7 Å². The van der Waals surface area contributed by atoms with E-state index in [9.17, 15) is 32.3 Å². The van der Waals surface area contributed by atoms with Crippen molar-refractivity contribution in [3.63, 3.8) is 0 Å². The molecule has 1 saturated heterocycles. The fraction of sp³-hybridized carbons (Fsp3) is 0.200. The standard InChI is InChI=1S/C30H20Cl2F3N3O4S2/c1-14-5-2-7-16(11-14)36-20(39)13-37-28-25(44-29(37)42)21(18-9-4-10-19(31)23(18)32)22-24(43-28)27(41)38(26(22)40)17-8-3-6-15(12-17)30(33,34)35/h2-12,21-22,24H,13H2,1H3,(H,36,39). The van der Waals surface area contributed by atoms with Crippen LogP contribution in [0.25, 0.3) is 0 Å². The van der Waals surface area contributed by atoms with Crippen LogP contribution in [-0.2, 0) is 27.1 Å². The van der Waals surface area contributed by atoms with Gasteiger partial charge in [-0.3, -0.25) is 23.7 Å². The van der Waals surface area contributed by atoms with Crippen LogP contribution in [0.15, 0.2) is 76.6 Å². The fourth-order valence-corrected chi connectivity index (χ4v) is 8.68. The van der Waals surface area contributed by atoms with Gasteiger partial charge >= 0.3 is 11.0 Å². The molecule has 6 rings (SSSR count). The number of hydrogen-bond acceptors (Lipinski definition) is 6. The molecule has 4 aromatic rings. The highest BCUT2D eigenvalue weighted by Gasteiger charge is 2.57. The second-order valence-corrected chi connectivity index (χ2v) is 13.2. The van der Waals surface area contributed by atoms with E-state index >= 15 is 0 Å². The van der Waals surface area contributed by atoms with Gasteiger partial charge in [0.05, 0.1) is 32.2 Å². The summed E-state index contributed by atoms with van der Waals surface area (Å²) in [6, 6.07) is 15.9. The summed E-state index contributed by atoms with van der Waals surface area (Å²) < 4.78 is 41.8. The third kappa shape index (κ3) is 5.33. The van der Waals surface area contributed by atoms with E-state index < -0.39 is 51.4 Å². The van der Waals surface area contributed by atoms with E-state index in [-0.39, 0.29) is 22.3 Å². The van der Waals surface area contributed by atoms with E-state index in [1.807, 2.05) is 13.0 Å². The van der Waals surface area contributed by atoms with Gasteiger partial charge in [0.25, 0.3) is 0 Å². The number of rotatable bonds is 5. The number of nitrogens with zero attached hydrogens (tertiary/aromatic N) is 2. The molecule has 226 valence electrons. The predicted molar refractivity (Wildman–Crippen MR) is 164 cm³/mol. The van der Waals surface area contributed by atoms with E-state index in [1.54, 1.807) is 36.4 Å². The Bertz CT molecular complexity index is 1910. The number of thiazole rings is 1. The number of benzene rings is 3. The lowest BCUT2D eigenvalue weighted by Gasteiger charge is -2.31. The molecule has 1 aromatic heterocycles. The number of amides is 3. The monoisotopic (exact) mass is 677 g/mol. The molecule has 0 radical (unpaired) electrons. The molecule has 1 fully saturated rings. The first-order valence-electron chi connectivity index (χ1n) is 13.1. The van der Waals surface area contributed by atoms with Crippen LogP contribution in [0.4, 0.5) is 24.5 Å². The topological polar surface area (TPSA) is 88.5 Å². The molecule has 0 spiro atoms. The van der Waals surface area contributed by atoms with Crippen LogP contribution in [0.1, 0.15) is 27.5 Å². The van der Waals surface area contributed by atoms with Crippen LogP contribution in [0.3, 0.4) is 0 Å². The SMILES string of the molecule is Cc1cccc(NC(=O)Cn2c3c(sc2=O)C(c2cccc(Cl)c2Cl)C2C(=O)N(c4cccc(C(F)(F)F)c4)C(=O)C2S3)c1. The Morgan fingerprint density at radius 1 is 0.977 bits per heavy atom. The molecule has 44 heavy (non-hydrogen) atoms. The maximum absolute atomic E-state index is 14.0. The molecule has 3 unspecified atom stereocenters. The van der Waals surface area contributed by atoms with Crippen molar-refractivity contribution in [3.8, 4) is 0 Å². The van der Waals surface area contributed by atoms with Crippen molar-refractivity contribution in [1.29, 1.82) is 0 Å². The zero-order valence-corrected chi connectivity index (χ0v) is 25.7. The highest BCUT2D eigenvalue weighted by molar-refractivity contribution is 8.00. The summed E-state index contributed by atoms with van der Waals surface area (Å²) in [5.41, 5.74) is 0.599. The summed E-state index contributed by atoms with van der Waals surface area (Å²) in [4.78, 5) is 54.9. The van der Waals surface area contributed by atoms with Gasteiger partial charge in [-0.15, -0.1) is 0 Å². The van der Waals surface area contributed by atoms with Crippen LogP contribution < -0.4 is 15.1 Å². The lowest BCUT2D eigenvalue weighted by molar-refractivity contribution is -0.137. The number of thioether (sulfide) groups is 1. The Morgan fingerprint density at radius 2 is 1.70 bits per heavy atom. The molecule has 1 N–H and O–H groups in total. The van der Waals surface area contributed by atoms with Crippen LogP contribution in [0, 0.1) is 12.8 Å². The van der Waals surface area contributed by atoms with Crippen molar-refractivity contribution in [2.45, 2.75) is 35.8 Å². The van der Waals surface area contributed by atoms with Gasteiger partial charge in [0.1, 0.15) is 11.8 Å². The van der Waals surface area contributed by atoms with E-state index in [0.717, 1.165) is 51.8 Å². The Balaban J connectivity index is 1.44. The Kier molecular flexibility index (Phi) is 7.89. The van der Waals surface area contributed by atoms with Crippen molar-refractivity contribution in [2.75, 3.05) is 10.2 Å². The molecule has 3 aromatic carbocycles. The highest BCUT2D eigenvalue weighted by atomic mass is 35.5. The molecule has 7 nitrogen and oxygen atoms in total. The molecule has 14 heteroatoms. The van der Waals surface area contributed by atoms with Crippen molar-refractivity contribution in [1.82, 2.24) is 4.57 Å². The first kappa shape index (κ1) is 30.4. The molecule has 0 bridgehead atoms. The second kappa shape index (κ2) is 11.4. The summed E-state index contributed by atoms with van der Waals surface area (Å²) in [5.74, 6) is -4.01. The number of imide groups is 1. The maximum Gasteiger partial charge on any atom is 0.416 e. The van der Waals surface area contributed by atoms with Gasteiger partial charge in [-0.2, -0.15) is 13.2 Å². The van der Waals surface area contributed by atoms with Gasteiger partial charge in [0.15, 0.2) is 0 Å². The van der Waals surface area contributed by atoms with Crippen molar-refractivity contribution >= 4 is 75.4 Å². The van der Waals surface area contributed by atoms with Gasteiger partial charge < -0.3 is 5.32 Å². The van der Waals surface area contributed by atoms with E-state index in [2.05, 4.69) is 5.32 Å². The zero-order chi connectivity index (χ0) is 31.5. The lowest BCUT2D eigenvalue weighted by atomic mass is 9.83. The van der Waals surface area contributed by atoms with Crippen molar-refractivity contribution in [3.05, 3.63) is 108 Å². The fourth-order valence-electron chi connectivity index (χ4n) is 5.49.